The molecule has 1 unspecified atom stereocenters. The lowest BCUT2D eigenvalue weighted by atomic mass is 10.0. The van der Waals surface area contributed by atoms with Crippen molar-refractivity contribution in [3.63, 3.8) is 0 Å². The largest absolute Gasteiger partial charge is 0.385 e. The second kappa shape index (κ2) is 8.02. The summed E-state index contributed by atoms with van der Waals surface area (Å²) in [4.78, 5) is 0. The van der Waals surface area contributed by atoms with Crippen molar-refractivity contribution in [2.75, 3.05) is 33.1 Å². The number of hydrogen-bond donors (Lipinski definition) is 1. The van der Waals surface area contributed by atoms with E-state index < -0.39 is 10.0 Å². The summed E-state index contributed by atoms with van der Waals surface area (Å²) in [7, 11) is 0.0177. The zero-order valence-electron chi connectivity index (χ0n) is 11.3. The van der Waals surface area contributed by atoms with Crippen molar-refractivity contribution in [2.24, 2.45) is 11.7 Å². The zero-order chi connectivity index (χ0) is 13.5. The topological polar surface area (TPSA) is 72.6 Å². The summed E-state index contributed by atoms with van der Waals surface area (Å²) in [5.41, 5.74) is 5.89. The van der Waals surface area contributed by atoms with E-state index in [4.69, 9.17) is 10.5 Å². The van der Waals surface area contributed by atoms with Crippen LogP contribution in [0.4, 0.5) is 0 Å². The Morgan fingerprint density at radius 1 is 1.35 bits per heavy atom. The van der Waals surface area contributed by atoms with Crippen LogP contribution in [-0.2, 0) is 14.8 Å². The molecule has 0 aromatic carbocycles. The Balaban J connectivity index is 4.07. The molecule has 0 aliphatic heterocycles. The third kappa shape index (κ3) is 6.98. The van der Waals surface area contributed by atoms with Crippen molar-refractivity contribution in [1.29, 1.82) is 0 Å². The fourth-order valence-corrected chi connectivity index (χ4v) is 2.52. The van der Waals surface area contributed by atoms with Crippen LogP contribution in [0, 0.1) is 5.92 Å². The Hall–Kier alpha value is -0.170. The molecule has 0 aliphatic rings. The molecule has 104 valence electrons. The second-order valence-corrected chi connectivity index (χ2v) is 6.88. The highest BCUT2D eigenvalue weighted by Gasteiger charge is 2.18. The lowest BCUT2D eigenvalue weighted by Gasteiger charge is -2.21. The second-order valence-electron chi connectivity index (χ2n) is 4.68. The van der Waals surface area contributed by atoms with Crippen molar-refractivity contribution in [1.82, 2.24) is 4.31 Å². The third-order valence-corrected chi connectivity index (χ3v) is 4.80. The van der Waals surface area contributed by atoms with E-state index in [9.17, 15) is 8.42 Å². The highest BCUT2D eigenvalue weighted by molar-refractivity contribution is 7.89. The first-order valence-corrected chi connectivity index (χ1v) is 7.60. The zero-order valence-corrected chi connectivity index (χ0v) is 12.2. The lowest BCUT2D eigenvalue weighted by Crippen LogP contribution is -2.35. The highest BCUT2D eigenvalue weighted by Crippen LogP contribution is 2.07. The number of sulfonamides is 1. The molecule has 5 nitrogen and oxygen atoms in total. The van der Waals surface area contributed by atoms with Crippen LogP contribution < -0.4 is 5.73 Å². The van der Waals surface area contributed by atoms with Crippen LogP contribution in [0.1, 0.15) is 26.7 Å². The number of rotatable bonds is 9. The van der Waals surface area contributed by atoms with E-state index in [2.05, 4.69) is 0 Å². The van der Waals surface area contributed by atoms with Crippen LogP contribution in [-0.4, -0.2) is 51.8 Å². The van der Waals surface area contributed by atoms with Crippen molar-refractivity contribution in [2.45, 2.75) is 32.7 Å². The van der Waals surface area contributed by atoms with Gasteiger partial charge in [0.2, 0.25) is 10.0 Å². The predicted octanol–water partition coefficient (Wildman–Crippen LogP) is 0.658. The van der Waals surface area contributed by atoms with Gasteiger partial charge in [0.1, 0.15) is 0 Å². The average molecular weight is 266 g/mol. The molecule has 0 bridgehead atoms. The normalized spacial score (nSPS) is 14.5. The maximum atomic E-state index is 11.8. The van der Waals surface area contributed by atoms with Gasteiger partial charge in [-0.15, -0.1) is 0 Å². The molecule has 0 amide bonds. The monoisotopic (exact) mass is 266 g/mol. The van der Waals surface area contributed by atoms with Crippen LogP contribution in [0.2, 0.25) is 0 Å². The number of nitrogens with two attached hydrogens (primary N) is 1. The van der Waals surface area contributed by atoms with Gasteiger partial charge in [-0.3, -0.25) is 0 Å². The van der Waals surface area contributed by atoms with Gasteiger partial charge in [0, 0.05) is 33.4 Å². The van der Waals surface area contributed by atoms with Crippen molar-refractivity contribution in [3.05, 3.63) is 0 Å². The van der Waals surface area contributed by atoms with Gasteiger partial charge in [-0.1, -0.05) is 13.8 Å². The summed E-state index contributed by atoms with van der Waals surface area (Å²) < 4.78 is 29.9. The molecular formula is C11H26N2O3S. The molecule has 2 N–H and O–H groups in total. The first-order chi connectivity index (χ1) is 7.81. The SMILES string of the molecule is COCCCS(=O)(=O)N(C)CCC(N)C(C)C. The molecule has 0 spiro atoms. The Kier molecular flexibility index (Phi) is 7.94. The van der Waals surface area contributed by atoms with E-state index in [0.717, 1.165) is 0 Å². The van der Waals surface area contributed by atoms with Crippen molar-refractivity contribution < 1.29 is 13.2 Å². The lowest BCUT2D eigenvalue weighted by molar-refractivity contribution is 0.199. The smallest absolute Gasteiger partial charge is 0.213 e. The summed E-state index contributed by atoms with van der Waals surface area (Å²) in [6.45, 7) is 5.03. The number of ether oxygens (including phenoxy) is 1. The summed E-state index contributed by atoms with van der Waals surface area (Å²) >= 11 is 0. The van der Waals surface area contributed by atoms with Crippen LogP contribution in [0.3, 0.4) is 0 Å². The molecule has 17 heavy (non-hydrogen) atoms. The number of methoxy groups -OCH3 is 1. The molecule has 0 aromatic rings. The molecule has 0 fully saturated rings. The molecule has 1 atom stereocenters. The first-order valence-electron chi connectivity index (χ1n) is 5.99. The molecule has 0 saturated heterocycles. The Morgan fingerprint density at radius 3 is 2.41 bits per heavy atom. The fourth-order valence-electron chi connectivity index (χ4n) is 1.34. The van der Waals surface area contributed by atoms with Gasteiger partial charge in [-0.05, 0) is 18.8 Å². The van der Waals surface area contributed by atoms with Crippen molar-refractivity contribution in [3.8, 4) is 0 Å². The quantitative estimate of drug-likeness (QED) is 0.622. The summed E-state index contributed by atoms with van der Waals surface area (Å²) in [5, 5.41) is 0. The van der Waals surface area contributed by atoms with E-state index in [1.165, 1.54) is 4.31 Å². The standard InChI is InChI=1S/C11H26N2O3S/c1-10(2)11(12)6-7-13(3)17(14,15)9-5-8-16-4/h10-11H,5-9,12H2,1-4H3. The minimum Gasteiger partial charge on any atom is -0.385 e. The van der Waals surface area contributed by atoms with Gasteiger partial charge in [0.05, 0.1) is 5.75 Å². The van der Waals surface area contributed by atoms with E-state index in [1.54, 1.807) is 14.2 Å². The number of hydrogen-bond acceptors (Lipinski definition) is 4. The molecule has 0 aliphatic carbocycles. The third-order valence-electron chi connectivity index (χ3n) is 2.86. The van der Waals surface area contributed by atoms with Crippen molar-refractivity contribution >= 4 is 10.0 Å². The van der Waals surface area contributed by atoms with Crippen LogP contribution in [0.5, 0.6) is 0 Å². The predicted molar refractivity (Wildman–Crippen MR) is 70.3 cm³/mol. The molecular weight excluding hydrogens is 240 g/mol. The van der Waals surface area contributed by atoms with Gasteiger partial charge in [-0.25, -0.2) is 12.7 Å². The molecule has 0 saturated carbocycles. The van der Waals surface area contributed by atoms with Crippen LogP contribution >= 0.6 is 0 Å². The Bertz CT molecular complexity index is 291. The maximum Gasteiger partial charge on any atom is 0.213 e. The summed E-state index contributed by atoms with van der Waals surface area (Å²) in [5.74, 6) is 0.508. The highest BCUT2D eigenvalue weighted by atomic mass is 32.2. The van der Waals surface area contributed by atoms with Gasteiger partial charge in [-0.2, -0.15) is 0 Å². The average Bonchev–Trinajstić information content (AvgIpc) is 2.25. The molecule has 0 radical (unpaired) electrons. The molecule has 6 heteroatoms. The van der Waals surface area contributed by atoms with E-state index in [0.29, 0.717) is 31.9 Å². The minimum atomic E-state index is -3.16. The minimum absolute atomic E-state index is 0.0478. The maximum absolute atomic E-state index is 11.8. The number of nitrogens with zero attached hydrogens (tertiary/aromatic N) is 1. The first kappa shape index (κ1) is 16.8. The molecule has 0 rings (SSSR count). The Labute approximate surface area is 105 Å². The van der Waals surface area contributed by atoms with Crippen LogP contribution in [0.25, 0.3) is 0 Å². The van der Waals surface area contributed by atoms with E-state index in [1.807, 2.05) is 13.8 Å². The summed E-state index contributed by atoms with van der Waals surface area (Å²) in [6.07, 6.45) is 1.22. The van der Waals surface area contributed by atoms with Gasteiger partial charge in [0.25, 0.3) is 0 Å². The van der Waals surface area contributed by atoms with Gasteiger partial charge in [0.15, 0.2) is 0 Å². The van der Waals surface area contributed by atoms with Gasteiger partial charge >= 0.3 is 0 Å². The molecule has 0 heterocycles. The van der Waals surface area contributed by atoms with Crippen LogP contribution in [0.15, 0.2) is 0 Å². The Morgan fingerprint density at radius 2 is 1.94 bits per heavy atom. The van der Waals surface area contributed by atoms with Gasteiger partial charge < -0.3 is 10.5 Å². The van der Waals surface area contributed by atoms with E-state index in [-0.39, 0.29) is 11.8 Å². The molecule has 0 aromatic heterocycles. The fraction of sp³-hybridized carbons (Fsp3) is 1.00. The van der Waals surface area contributed by atoms with E-state index >= 15 is 0 Å². The summed E-state index contributed by atoms with van der Waals surface area (Å²) in [6, 6.07) is 0.0478.